The van der Waals surface area contributed by atoms with E-state index >= 15 is 0 Å². The molecule has 1 atom stereocenters. The highest BCUT2D eigenvalue weighted by Gasteiger charge is 2.25. The van der Waals surface area contributed by atoms with E-state index < -0.39 is 24.7 Å². The number of halogens is 2. The summed E-state index contributed by atoms with van der Waals surface area (Å²) in [5, 5.41) is 0. The van der Waals surface area contributed by atoms with Gasteiger partial charge in [0.2, 0.25) is 6.43 Å². The van der Waals surface area contributed by atoms with E-state index in [2.05, 4.69) is 0 Å². The molecule has 0 heterocycles. The molecule has 0 bridgehead atoms. The summed E-state index contributed by atoms with van der Waals surface area (Å²) in [7, 11) is 0. The first-order chi connectivity index (χ1) is 7.65. The van der Waals surface area contributed by atoms with E-state index in [4.69, 9.17) is 4.74 Å². The van der Waals surface area contributed by atoms with Gasteiger partial charge in [0, 0.05) is 6.42 Å². The van der Waals surface area contributed by atoms with Gasteiger partial charge in [-0.1, -0.05) is 30.3 Å². The van der Waals surface area contributed by atoms with E-state index in [1.54, 1.807) is 37.3 Å². The number of ether oxygens (including phenoxy) is 1. The Balaban J connectivity index is 2.83. The van der Waals surface area contributed by atoms with Gasteiger partial charge in [-0.15, -0.1) is 0 Å². The number of esters is 1. The van der Waals surface area contributed by atoms with Crippen LogP contribution in [0.4, 0.5) is 8.78 Å². The lowest BCUT2D eigenvalue weighted by atomic mass is 9.96. The standard InChI is InChI=1S/C12H14F2O2/c1-2-16-12(15)10(8-11(13)14)9-6-4-3-5-7-9/h3-7,10-11H,2,8H2,1H3. The molecule has 1 unspecified atom stereocenters. The third-order valence-corrected chi connectivity index (χ3v) is 2.19. The van der Waals surface area contributed by atoms with Gasteiger partial charge in [0.25, 0.3) is 0 Å². The number of rotatable bonds is 5. The first kappa shape index (κ1) is 12.6. The third kappa shape index (κ3) is 3.61. The van der Waals surface area contributed by atoms with E-state index in [9.17, 15) is 13.6 Å². The SMILES string of the molecule is CCOC(=O)C(CC(F)F)c1ccccc1. The maximum atomic E-state index is 12.4. The molecule has 16 heavy (non-hydrogen) atoms. The molecule has 1 rings (SSSR count). The van der Waals surface area contributed by atoms with Gasteiger partial charge in [0.1, 0.15) is 0 Å². The molecule has 4 heteroatoms. The maximum Gasteiger partial charge on any atom is 0.313 e. The van der Waals surface area contributed by atoms with Gasteiger partial charge in [-0.05, 0) is 12.5 Å². The summed E-state index contributed by atoms with van der Waals surface area (Å²) in [6.07, 6.45) is -3.02. The second-order valence-corrected chi connectivity index (χ2v) is 3.34. The monoisotopic (exact) mass is 228 g/mol. The molecule has 88 valence electrons. The summed E-state index contributed by atoms with van der Waals surface area (Å²) in [6, 6.07) is 8.52. The van der Waals surface area contributed by atoms with Crippen LogP contribution >= 0.6 is 0 Å². The second-order valence-electron chi connectivity index (χ2n) is 3.34. The molecule has 0 amide bonds. The Hall–Kier alpha value is -1.45. The molecule has 1 aromatic rings. The number of alkyl halides is 2. The quantitative estimate of drug-likeness (QED) is 0.724. The highest BCUT2D eigenvalue weighted by atomic mass is 19.3. The van der Waals surface area contributed by atoms with Crippen LogP contribution in [-0.2, 0) is 9.53 Å². The highest BCUT2D eigenvalue weighted by Crippen LogP contribution is 2.24. The van der Waals surface area contributed by atoms with E-state index in [0.29, 0.717) is 5.56 Å². The van der Waals surface area contributed by atoms with Gasteiger partial charge in [-0.2, -0.15) is 0 Å². The van der Waals surface area contributed by atoms with Crippen molar-refractivity contribution in [2.75, 3.05) is 6.61 Å². The molecule has 0 aliphatic carbocycles. The van der Waals surface area contributed by atoms with Gasteiger partial charge in [-0.25, -0.2) is 8.78 Å². The van der Waals surface area contributed by atoms with Crippen LogP contribution in [0.3, 0.4) is 0 Å². The zero-order valence-electron chi connectivity index (χ0n) is 9.03. The van der Waals surface area contributed by atoms with Crippen molar-refractivity contribution in [1.29, 1.82) is 0 Å². The molecule has 0 radical (unpaired) electrons. The van der Waals surface area contributed by atoms with Gasteiger partial charge < -0.3 is 4.74 Å². The summed E-state index contributed by atoms with van der Waals surface area (Å²) >= 11 is 0. The minimum absolute atomic E-state index is 0.200. The number of carbonyl (C=O) groups excluding carboxylic acids is 1. The van der Waals surface area contributed by atoms with Crippen molar-refractivity contribution in [3.05, 3.63) is 35.9 Å². The number of hydrogen-bond acceptors (Lipinski definition) is 2. The second kappa shape index (κ2) is 6.20. The molecule has 0 spiro atoms. The Morgan fingerprint density at radius 2 is 1.94 bits per heavy atom. The molecule has 0 aliphatic rings. The first-order valence-electron chi connectivity index (χ1n) is 5.14. The first-order valence-corrected chi connectivity index (χ1v) is 5.14. The zero-order valence-corrected chi connectivity index (χ0v) is 9.03. The Labute approximate surface area is 93.2 Å². The molecule has 0 fully saturated rings. The van der Waals surface area contributed by atoms with Crippen molar-refractivity contribution >= 4 is 5.97 Å². The Kier molecular flexibility index (Phi) is 4.89. The molecule has 0 N–H and O–H groups in total. The van der Waals surface area contributed by atoms with Crippen molar-refractivity contribution in [3.8, 4) is 0 Å². The fourth-order valence-electron chi connectivity index (χ4n) is 1.47. The summed E-state index contributed by atoms with van der Waals surface area (Å²) in [4.78, 5) is 11.5. The lowest BCUT2D eigenvalue weighted by Gasteiger charge is -2.15. The molecule has 2 nitrogen and oxygen atoms in total. The van der Waals surface area contributed by atoms with E-state index in [0.717, 1.165) is 0 Å². The molecular formula is C12H14F2O2. The topological polar surface area (TPSA) is 26.3 Å². The summed E-state index contributed by atoms with van der Waals surface area (Å²) in [6.45, 7) is 1.85. The third-order valence-electron chi connectivity index (χ3n) is 2.19. The van der Waals surface area contributed by atoms with Gasteiger partial charge in [0.15, 0.2) is 0 Å². The maximum absolute atomic E-state index is 12.4. The summed E-state index contributed by atoms with van der Waals surface area (Å²) in [5.41, 5.74) is 0.571. The summed E-state index contributed by atoms with van der Waals surface area (Å²) < 4.78 is 29.5. The van der Waals surface area contributed by atoms with Gasteiger partial charge in [0.05, 0.1) is 12.5 Å². The summed E-state index contributed by atoms with van der Waals surface area (Å²) in [5.74, 6) is -1.46. The molecule has 0 saturated heterocycles. The number of benzene rings is 1. The van der Waals surface area contributed by atoms with Crippen molar-refractivity contribution < 1.29 is 18.3 Å². The van der Waals surface area contributed by atoms with E-state index in [1.165, 1.54) is 0 Å². The smallest absolute Gasteiger partial charge is 0.313 e. The van der Waals surface area contributed by atoms with Crippen LogP contribution in [0.2, 0.25) is 0 Å². The highest BCUT2D eigenvalue weighted by molar-refractivity contribution is 5.78. The van der Waals surface area contributed by atoms with Crippen molar-refractivity contribution in [3.63, 3.8) is 0 Å². The fraction of sp³-hybridized carbons (Fsp3) is 0.417. The lowest BCUT2D eigenvalue weighted by Crippen LogP contribution is -2.18. The van der Waals surface area contributed by atoms with Crippen molar-refractivity contribution in [1.82, 2.24) is 0 Å². The minimum atomic E-state index is -2.52. The largest absolute Gasteiger partial charge is 0.466 e. The number of hydrogen-bond donors (Lipinski definition) is 0. The molecule has 1 aromatic carbocycles. The van der Waals surface area contributed by atoms with E-state index in [-0.39, 0.29) is 6.61 Å². The van der Waals surface area contributed by atoms with Crippen LogP contribution in [0, 0.1) is 0 Å². The van der Waals surface area contributed by atoms with Crippen LogP contribution in [0.15, 0.2) is 30.3 Å². The Morgan fingerprint density at radius 3 is 2.44 bits per heavy atom. The van der Waals surface area contributed by atoms with Crippen molar-refractivity contribution in [2.24, 2.45) is 0 Å². The van der Waals surface area contributed by atoms with Gasteiger partial charge >= 0.3 is 5.97 Å². The molecule has 0 saturated carbocycles. The predicted octanol–water partition coefficient (Wildman–Crippen LogP) is 2.99. The molecular weight excluding hydrogens is 214 g/mol. The van der Waals surface area contributed by atoms with Crippen LogP contribution in [0.5, 0.6) is 0 Å². The zero-order chi connectivity index (χ0) is 12.0. The normalized spacial score (nSPS) is 12.5. The average molecular weight is 228 g/mol. The van der Waals surface area contributed by atoms with Crippen LogP contribution in [0.1, 0.15) is 24.8 Å². The van der Waals surface area contributed by atoms with E-state index in [1.807, 2.05) is 0 Å². The number of carbonyl (C=O) groups is 1. The molecule has 0 aliphatic heterocycles. The van der Waals surface area contributed by atoms with Crippen LogP contribution in [-0.4, -0.2) is 19.0 Å². The van der Waals surface area contributed by atoms with Crippen LogP contribution in [0.25, 0.3) is 0 Å². The van der Waals surface area contributed by atoms with Crippen molar-refractivity contribution in [2.45, 2.75) is 25.7 Å². The predicted molar refractivity (Wildman–Crippen MR) is 56.4 cm³/mol. The average Bonchev–Trinajstić information content (AvgIpc) is 2.27. The Morgan fingerprint density at radius 1 is 1.31 bits per heavy atom. The van der Waals surface area contributed by atoms with Gasteiger partial charge in [-0.3, -0.25) is 4.79 Å². The minimum Gasteiger partial charge on any atom is -0.466 e. The molecule has 0 aromatic heterocycles. The van der Waals surface area contributed by atoms with Crippen LogP contribution < -0.4 is 0 Å². The Bertz CT molecular complexity index is 325. The lowest BCUT2D eigenvalue weighted by molar-refractivity contribution is -0.146. The fourth-order valence-corrected chi connectivity index (χ4v) is 1.47.